The van der Waals surface area contributed by atoms with Gasteiger partial charge in [0.15, 0.2) is 5.78 Å². The van der Waals surface area contributed by atoms with E-state index in [4.69, 9.17) is 4.74 Å². The highest BCUT2D eigenvalue weighted by Crippen LogP contribution is 2.51. The Morgan fingerprint density at radius 2 is 2.04 bits per heavy atom. The lowest BCUT2D eigenvalue weighted by Crippen LogP contribution is -2.62. The number of Topliss-reactive ketones (excluding diaryl/α,β-unsaturated/α-hetero) is 1. The number of hydrogen-bond donors (Lipinski definition) is 0. The Hall–Kier alpha value is -2.19. The van der Waals surface area contributed by atoms with Crippen LogP contribution in [0.3, 0.4) is 0 Å². The normalized spacial score (nSPS) is 32.2. The highest BCUT2D eigenvalue weighted by Gasteiger charge is 2.59. The first-order chi connectivity index (χ1) is 12.1. The van der Waals surface area contributed by atoms with Crippen molar-refractivity contribution in [3.05, 3.63) is 35.9 Å². The summed E-state index contributed by atoms with van der Waals surface area (Å²) in [5, 5.41) is 9.51. The number of benzene rings is 1. The Morgan fingerprint density at radius 1 is 1.32 bits per heavy atom. The zero-order chi connectivity index (χ0) is 18.0. The first kappa shape index (κ1) is 17.6. The third kappa shape index (κ3) is 2.75. The van der Waals surface area contributed by atoms with E-state index < -0.39 is 11.3 Å². The fourth-order valence-electron chi connectivity index (χ4n) is 4.65. The summed E-state index contributed by atoms with van der Waals surface area (Å²) in [7, 11) is 1.62. The highest BCUT2D eigenvalue weighted by atomic mass is 16.5. The van der Waals surface area contributed by atoms with Crippen molar-refractivity contribution in [2.45, 2.75) is 25.2 Å². The largest absolute Gasteiger partial charge is 0.383 e. The monoisotopic (exact) mass is 340 g/mol. The number of rotatable bonds is 4. The number of fused-ring (bicyclic) bond motifs is 1. The van der Waals surface area contributed by atoms with Crippen molar-refractivity contribution in [1.29, 1.82) is 5.26 Å². The summed E-state index contributed by atoms with van der Waals surface area (Å²) in [5.74, 6) is -1.05. The molecule has 1 saturated heterocycles. The molecule has 1 heterocycles. The minimum absolute atomic E-state index is 0.0165. The maximum atomic E-state index is 13.6. The SMILES string of the molecule is COCCN1CC[C@H]2[C@H](C)C(=O)C(C#N)C[C@]2(c2ccccc2)C1=O. The molecule has 0 N–H and O–H groups in total. The molecule has 5 heteroatoms. The first-order valence-corrected chi connectivity index (χ1v) is 8.83. The summed E-state index contributed by atoms with van der Waals surface area (Å²) in [6, 6.07) is 11.8. The number of nitriles is 1. The molecule has 2 aliphatic rings. The van der Waals surface area contributed by atoms with Crippen LogP contribution in [-0.2, 0) is 19.7 Å². The summed E-state index contributed by atoms with van der Waals surface area (Å²) in [6.07, 6.45) is 1.05. The van der Waals surface area contributed by atoms with E-state index in [-0.39, 0.29) is 29.9 Å². The number of methoxy groups -OCH3 is 1. The number of hydrogen-bond acceptors (Lipinski definition) is 4. The van der Waals surface area contributed by atoms with Gasteiger partial charge in [0.05, 0.1) is 18.1 Å². The average molecular weight is 340 g/mol. The number of carbonyl (C=O) groups excluding carboxylic acids is 2. The van der Waals surface area contributed by atoms with Crippen LogP contribution >= 0.6 is 0 Å². The number of nitrogens with zero attached hydrogens (tertiary/aromatic N) is 2. The zero-order valence-electron chi connectivity index (χ0n) is 14.8. The van der Waals surface area contributed by atoms with Crippen LogP contribution in [0.5, 0.6) is 0 Å². The van der Waals surface area contributed by atoms with Gasteiger partial charge in [0, 0.05) is 26.1 Å². The number of likely N-dealkylation sites (tertiary alicyclic amines) is 1. The van der Waals surface area contributed by atoms with Gasteiger partial charge in [-0.15, -0.1) is 0 Å². The van der Waals surface area contributed by atoms with Gasteiger partial charge >= 0.3 is 0 Å². The zero-order valence-corrected chi connectivity index (χ0v) is 14.8. The smallest absolute Gasteiger partial charge is 0.233 e. The fourth-order valence-corrected chi connectivity index (χ4v) is 4.65. The highest BCUT2D eigenvalue weighted by molar-refractivity contribution is 5.95. The van der Waals surface area contributed by atoms with Crippen molar-refractivity contribution >= 4 is 11.7 Å². The molecule has 1 aliphatic heterocycles. The van der Waals surface area contributed by atoms with Gasteiger partial charge in [-0.1, -0.05) is 37.3 Å². The average Bonchev–Trinajstić information content (AvgIpc) is 2.65. The minimum atomic E-state index is -0.791. The molecule has 132 valence electrons. The summed E-state index contributed by atoms with van der Waals surface area (Å²) in [6.45, 7) is 3.54. The molecule has 0 aromatic heterocycles. The molecule has 0 spiro atoms. The molecule has 5 nitrogen and oxygen atoms in total. The third-order valence-electron chi connectivity index (χ3n) is 5.94. The summed E-state index contributed by atoms with van der Waals surface area (Å²) >= 11 is 0. The van der Waals surface area contributed by atoms with E-state index in [0.717, 1.165) is 12.0 Å². The molecule has 1 amide bonds. The van der Waals surface area contributed by atoms with Crippen molar-refractivity contribution < 1.29 is 14.3 Å². The standard InChI is InChI=1S/C20H24N2O3/c1-14-17-8-9-22(10-11-25-2)19(24)20(17,12-15(13-21)18(14)23)16-6-4-3-5-7-16/h3-7,14-15,17H,8-12H2,1-2H3/t14-,15?,17-,20+/m0/s1. The summed E-state index contributed by atoms with van der Waals surface area (Å²) in [5.41, 5.74) is 0.132. The maximum absolute atomic E-state index is 13.6. The van der Waals surface area contributed by atoms with Gasteiger partial charge in [0.2, 0.25) is 5.91 Å². The van der Waals surface area contributed by atoms with Crippen LogP contribution in [0.4, 0.5) is 0 Å². The van der Waals surface area contributed by atoms with Crippen molar-refractivity contribution in [3.8, 4) is 6.07 Å². The molecule has 1 aliphatic carbocycles. The lowest BCUT2D eigenvalue weighted by Gasteiger charge is -2.52. The first-order valence-electron chi connectivity index (χ1n) is 8.83. The van der Waals surface area contributed by atoms with Crippen LogP contribution in [0.25, 0.3) is 0 Å². The van der Waals surface area contributed by atoms with Gasteiger partial charge < -0.3 is 9.64 Å². The van der Waals surface area contributed by atoms with Crippen molar-refractivity contribution in [2.24, 2.45) is 17.8 Å². The number of ketones is 1. The van der Waals surface area contributed by atoms with E-state index >= 15 is 0 Å². The molecular weight excluding hydrogens is 316 g/mol. The van der Waals surface area contributed by atoms with Gasteiger partial charge in [0.1, 0.15) is 5.92 Å². The van der Waals surface area contributed by atoms with E-state index in [1.165, 1.54) is 0 Å². The Kier molecular flexibility index (Phi) is 4.91. The Morgan fingerprint density at radius 3 is 2.68 bits per heavy atom. The molecule has 25 heavy (non-hydrogen) atoms. The number of amides is 1. The molecule has 1 aromatic carbocycles. The summed E-state index contributed by atoms with van der Waals surface area (Å²) < 4.78 is 5.15. The molecule has 3 rings (SSSR count). The quantitative estimate of drug-likeness (QED) is 0.842. The minimum Gasteiger partial charge on any atom is -0.383 e. The van der Waals surface area contributed by atoms with Crippen molar-refractivity contribution in [1.82, 2.24) is 4.90 Å². The predicted octanol–water partition coefficient (Wildman–Crippen LogP) is 2.17. The molecule has 4 atom stereocenters. The molecule has 0 bridgehead atoms. The van der Waals surface area contributed by atoms with Crippen LogP contribution in [0.2, 0.25) is 0 Å². The topological polar surface area (TPSA) is 70.4 Å². The van der Waals surface area contributed by atoms with Crippen LogP contribution < -0.4 is 0 Å². The molecule has 1 aromatic rings. The summed E-state index contributed by atoms with van der Waals surface area (Å²) in [4.78, 5) is 28.0. The van der Waals surface area contributed by atoms with E-state index in [0.29, 0.717) is 19.7 Å². The van der Waals surface area contributed by atoms with Gasteiger partial charge in [-0.25, -0.2) is 0 Å². The second kappa shape index (κ2) is 6.97. The van der Waals surface area contributed by atoms with E-state index in [2.05, 4.69) is 6.07 Å². The van der Waals surface area contributed by atoms with E-state index in [1.807, 2.05) is 42.2 Å². The van der Waals surface area contributed by atoms with Crippen LogP contribution in [0, 0.1) is 29.1 Å². The van der Waals surface area contributed by atoms with Gasteiger partial charge in [-0.2, -0.15) is 5.26 Å². The van der Waals surface area contributed by atoms with Crippen molar-refractivity contribution in [2.75, 3.05) is 26.8 Å². The predicted molar refractivity (Wildman–Crippen MR) is 92.6 cm³/mol. The molecule has 1 unspecified atom stereocenters. The van der Waals surface area contributed by atoms with Crippen LogP contribution in [-0.4, -0.2) is 43.4 Å². The molecule has 2 fully saturated rings. The number of carbonyl (C=O) groups is 2. The molecule has 0 radical (unpaired) electrons. The van der Waals surface area contributed by atoms with Crippen LogP contribution in [0.15, 0.2) is 30.3 Å². The number of piperidine rings is 1. The fraction of sp³-hybridized carbons (Fsp3) is 0.550. The van der Waals surface area contributed by atoms with E-state index in [9.17, 15) is 14.9 Å². The second-order valence-corrected chi connectivity index (χ2v) is 7.09. The number of ether oxygens (including phenoxy) is 1. The Balaban J connectivity index is 2.09. The Bertz CT molecular complexity index is 697. The lowest BCUT2D eigenvalue weighted by molar-refractivity contribution is -0.153. The molecular formula is C20H24N2O3. The van der Waals surface area contributed by atoms with Gasteiger partial charge in [-0.3, -0.25) is 9.59 Å². The Labute approximate surface area is 148 Å². The molecule has 1 saturated carbocycles. The van der Waals surface area contributed by atoms with Gasteiger partial charge in [-0.05, 0) is 24.3 Å². The van der Waals surface area contributed by atoms with Crippen LogP contribution in [0.1, 0.15) is 25.3 Å². The van der Waals surface area contributed by atoms with Crippen molar-refractivity contribution in [3.63, 3.8) is 0 Å². The third-order valence-corrected chi connectivity index (χ3v) is 5.94. The second-order valence-electron chi connectivity index (χ2n) is 7.09. The van der Waals surface area contributed by atoms with E-state index in [1.54, 1.807) is 7.11 Å². The van der Waals surface area contributed by atoms with Gasteiger partial charge in [0.25, 0.3) is 0 Å². The lowest BCUT2D eigenvalue weighted by atomic mass is 9.53. The maximum Gasteiger partial charge on any atom is 0.233 e.